The molecule has 1 aromatic heterocycles. The Morgan fingerprint density at radius 3 is 2.72 bits per heavy atom. The van der Waals surface area contributed by atoms with E-state index >= 15 is 0 Å². The van der Waals surface area contributed by atoms with E-state index in [1.807, 2.05) is 12.1 Å². The number of benzene rings is 1. The number of ether oxygens (including phenoxy) is 1. The van der Waals surface area contributed by atoms with E-state index in [9.17, 15) is 4.39 Å². The van der Waals surface area contributed by atoms with Gasteiger partial charge in [-0.15, -0.1) is 0 Å². The summed E-state index contributed by atoms with van der Waals surface area (Å²) in [6.45, 7) is 0.295. The molecule has 0 amide bonds. The molecule has 0 bridgehead atoms. The lowest BCUT2D eigenvalue weighted by Gasteiger charge is -2.07. The smallest absolute Gasteiger partial charge is 0.119 e. The molecule has 1 heterocycles. The van der Waals surface area contributed by atoms with Crippen molar-refractivity contribution in [2.75, 3.05) is 13.2 Å². The molecule has 1 aromatic carbocycles. The summed E-state index contributed by atoms with van der Waals surface area (Å²) in [4.78, 5) is 0. The van der Waals surface area contributed by atoms with Crippen LogP contribution in [0, 0.1) is 0 Å². The van der Waals surface area contributed by atoms with Crippen LogP contribution >= 0.6 is 0 Å². The number of aromatic nitrogens is 3. The SMILES string of the molecule is NC/C(=C\F)COc1ccc(-c2cn[nH]n2)cc1. The number of nitrogens with one attached hydrogen (secondary N) is 1. The highest BCUT2D eigenvalue weighted by Crippen LogP contribution is 2.19. The first-order chi connectivity index (χ1) is 8.83. The van der Waals surface area contributed by atoms with Crippen molar-refractivity contribution in [3.63, 3.8) is 0 Å². The molecule has 0 saturated carbocycles. The molecule has 0 saturated heterocycles. The third kappa shape index (κ3) is 2.92. The molecule has 2 aromatic rings. The second-order valence-corrected chi connectivity index (χ2v) is 3.64. The van der Waals surface area contributed by atoms with Gasteiger partial charge in [0.2, 0.25) is 0 Å². The quantitative estimate of drug-likeness (QED) is 0.843. The zero-order valence-corrected chi connectivity index (χ0v) is 9.64. The Bertz CT molecular complexity index is 507. The number of hydrogen-bond donors (Lipinski definition) is 2. The summed E-state index contributed by atoms with van der Waals surface area (Å²) in [5.74, 6) is 0.648. The summed E-state index contributed by atoms with van der Waals surface area (Å²) < 4.78 is 17.7. The molecule has 0 aliphatic rings. The number of rotatable bonds is 5. The highest BCUT2D eigenvalue weighted by molar-refractivity contribution is 5.58. The zero-order valence-electron chi connectivity index (χ0n) is 9.64. The molecule has 0 atom stereocenters. The Hall–Kier alpha value is -2.21. The van der Waals surface area contributed by atoms with Crippen LogP contribution in [0.3, 0.4) is 0 Å². The molecule has 0 aliphatic carbocycles. The highest BCUT2D eigenvalue weighted by atomic mass is 19.1. The van der Waals surface area contributed by atoms with Gasteiger partial charge in [-0.25, -0.2) is 4.39 Å². The van der Waals surface area contributed by atoms with Gasteiger partial charge in [0, 0.05) is 17.7 Å². The minimum atomic E-state index is 0.146. The second kappa shape index (κ2) is 5.92. The van der Waals surface area contributed by atoms with Crippen molar-refractivity contribution in [3.05, 3.63) is 42.4 Å². The number of nitrogens with zero attached hydrogens (tertiary/aromatic N) is 2. The Balaban J connectivity index is 2.00. The van der Waals surface area contributed by atoms with Gasteiger partial charge in [0.1, 0.15) is 18.1 Å². The Morgan fingerprint density at radius 2 is 2.17 bits per heavy atom. The fraction of sp³-hybridized carbons (Fsp3) is 0.167. The average molecular weight is 248 g/mol. The lowest BCUT2D eigenvalue weighted by atomic mass is 10.2. The summed E-state index contributed by atoms with van der Waals surface area (Å²) in [5, 5.41) is 10.2. The van der Waals surface area contributed by atoms with E-state index in [-0.39, 0.29) is 13.2 Å². The minimum Gasteiger partial charge on any atom is -0.489 e. The number of halogens is 1. The van der Waals surface area contributed by atoms with Gasteiger partial charge in [0.05, 0.1) is 12.5 Å². The van der Waals surface area contributed by atoms with Crippen LogP contribution in [0.25, 0.3) is 11.3 Å². The van der Waals surface area contributed by atoms with E-state index in [4.69, 9.17) is 10.5 Å². The van der Waals surface area contributed by atoms with Gasteiger partial charge >= 0.3 is 0 Å². The van der Waals surface area contributed by atoms with Gasteiger partial charge < -0.3 is 10.5 Å². The molecule has 0 fully saturated rings. The highest BCUT2D eigenvalue weighted by Gasteiger charge is 2.02. The van der Waals surface area contributed by atoms with Crippen LogP contribution in [0.1, 0.15) is 0 Å². The fourth-order valence-corrected chi connectivity index (χ4v) is 1.37. The molecule has 2 rings (SSSR count). The van der Waals surface area contributed by atoms with Crippen molar-refractivity contribution in [3.8, 4) is 17.0 Å². The molecule has 6 heteroatoms. The fourth-order valence-electron chi connectivity index (χ4n) is 1.37. The van der Waals surface area contributed by atoms with E-state index in [0.29, 0.717) is 17.7 Å². The molecule has 0 radical (unpaired) electrons. The standard InChI is InChI=1S/C12H13FN4O/c13-5-9(6-14)8-18-11-3-1-10(2-4-11)12-7-15-17-16-12/h1-5,7H,6,8,14H2,(H,15,16,17)/b9-5+. The van der Waals surface area contributed by atoms with Gasteiger partial charge in [0.25, 0.3) is 0 Å². The van der Waals surface area contributed by atoms with Gasteiger partial charge in [-0.05, 0) is 24.3 Å². The van der Waals surface area contributed by atoms with E-state index in [0.717, 1.165) is 11.3 Å². The van der Waals surface area contributed by atoms with Crippen LogP contribution < -0.4 is 10.5 Å². The predicted octanol–water partition coefficient (Wildman–Crippen LogP) is 1.66. The summed E-state index contributed by atoms with van der Waals surface area (Å²) in [7, 11) is 0. The van der Waals surface area contributed by atoms with Crippen LogP contribution in [-0.4, -0.2) is 28.6 Å². The largest absolute Gasteiger partial charge is 0.489 e. The molecule has 5 nitrogen and oxygen atoms in total. The molecule has 0 aliphatic heterocycles. The lowest BCUT2D eigenvalue weighted by Crippen LogP contribution is -2.10. The van der Waals surface area contributed by atoms with Crippen LogP contribution in [0.5, 0.6) is 5.75 Å². The molecular weight excluding hydrogens is 235 g/mol. The molecule has 3 N–H and O–H groups in total. The van der Waals surface area contributed by atoms with Crippen LogP contribution in [0.15, 0.2) is 42.4 Å². The Kier molecular flexibility index (Phi) is 4.03. The first-order valence-electron chi connectivity index (χ1n) is 5.40. The van der Waals surface area contributed by atoms with Crippen LogP contribution in [0.2, 0.25) is 0 Å². The second-order valence-electron chi connectivity index (χ2n) is 3.64. The number of aromatic amines is 1. The van der Waals surface area contributed by atoms with Gasteiger partial charge in [-0.3, -0.25) is 0 Å². The Labute approximate surface area is 103 Å². The summed E-state index contributed by atoms with van der Waals surface area (Å²) in [5.41, 5.74) is 7.43. The van der Waals surface area contributed by atoms with E-state index < -0.39 is 0 Å². The average Bonchev–Trinajstić information content (AvgIpc) is 2.94. The molecule has 94 valence electrons. The third-order valence-corrected chi connectivity index (χ3v) is 2.41. The topological polar surface area (TPSA) is 76.8 Å². The van der Waals surface area contributed by atoms with E-state index in [2.05, 4.69) is 15.4 Å². The van der Waals surface area contributed by atoms with E-state index in [1.54, 1.807) is 18.3 Å². The first-order valence-corrected chi connectivity index (χ1v) is 5.40. The maximum absolute atomic E-state index is 12.3. The van der Waals surface area contributed by atoms with Crippen molar-refractivity contribution < 1.29 is 9.13 Å². The van der Waals surface area contributed by atoms with Crippen molar-refractivity contribution in [2.24, 2.45) is 5.73 Å². The first kappa shape index (κ1) is 12.3. The zero-order chi connectivity index (χ0) is 12.8. The summed E-state index contributed by atoms with van der Waals surface area (Å²) in [6.07, 6.45) is 2.11. The maximum atomic E-state index is 12.3. The van der Waals surface area contributed by atoms with E-state index in [1.165, 1.54) is 0 Å². The van der Waals surface area contributed by atoms with Crippen LogP contribution in [-0.2, 0) is 0 Å². The third-order valence-electron chi connectivity index (χ3n) is 2.41. The van der Waals surface area contributed by atoms with Gasteiger partial charge in [-0.2, -0.15) is 15.4 Å². The lowest BCUT2D eigenvalue weighted by molar-refractivity contribution is 0.347. The summed E-state index contributed by atoms with van der Waals surface area (Å²) >= 11 is 0. The molecular formula is C12H13FN4O. The predicted molar refractivity (Wildman–Crippen MR) is 65.6 cm³/mol. The van der Waals surface area contributed by atoms with Crippen molar-refractivity contribution in [1.82, 2.24) is 15.4 Å². The number of hydrogen-bond acceptors (Lipinski definition) is 4. The number of H-pyrrole nitrogens is 1. The molecule has 0 spiro atoms. The normalized spacial score (nSPS) is 11.6. The summed E-state index contributed by atoms with van der Waals surface area (Å²) in [6, 6.07) is 7.29. The molecule has 18 heavy (non-hydrogen) atoms. The monoisotopic (exact) mass is 248 g/mol. The van der Waals surface area contributed by atoms with Gasteiger partial charge in [0.15, 0.2) is 0 Å². The molecule has 0 unspecified atom stereocenters. The number of nitrogens with two attached hydrogens (primary N) is 1. The van der Waals surface area contributed by atoms with Crippen molar-refractivity contribution >= 4 is 0 Å². The maximum Gasteiger partial charge on any atom is 0.119 e. The van der Waals surface area contributed by atoms with Crippen LogP contribution in [0.4, 0.5) is 4.39 Å². The Morgan fingerprint density at radius 1 is 1.39 bits per heavy atom. The van der Waals surface area contributed by atoms with Gasteiger partial charge in [-0.1, -0.05) is 0 Å². The minimum absolute atomic E-state index is 0.146. The van der Waals surface area contributed by atoms with Crippen molar-refractivity contribution in [2.45, 2.75) is 0 Å². The van der Waals surface area contributed by atoms with Crippen molar-refractivity contribution in [1.29, 1.82) is 0 Å².